The summed E-state index contributed by atoms with van der Waals surface area (Å²) in [7, 11) is 2.01. The number of rotatable bonds is 3. The van der Waals surface area contributed by atoms with Crippen molar-refractivity contribution in [1.82, 2.24) is 0 Å². The molecule has 2 rings (SSSR count). The average molecular weight is 398 g/mol. The quantitative estimate of drug-likeness (QED) is 0.691. The Morgan fingerprint density at radius 1 is 1.36 bits per heavy atom. The molecule has 0 saturated carbocycles. The van der Waals surface area contributed by atoms with Gasteiger partial charge in [-0.05, 0) is 38.1 Å². The van der Waals surface area contributed by atoms with Crippen molar-refractivity contribution in [3.8, 4) is 5.75 Å². The van der Waals surface area contributed by atoms with E-state index in [0.717, 1.165) is 24.1 Å². The average Bonchev–Trinajstić information content (AvgIpc) is 2.61. The van der Waals surface area contributed by atoms with Crippen LogP contribution in [0.5, 0.6) is 5.75 Å². The molecule has 0 fully saturated rings. The minimum Gasteiger partial charge on any atom is -0.507 e. The Kier molecular flexibility index (Phi) is 8.29. The molecule has 28 heavy (non-hydrogen) atoms. The number of likely N-dealkylation sites (N-methyl/N-ethyl adjacent to an activating group) is 1. The van der Waals surface area contributed by atoms with Gasteiger partial charge in [0.2, 0.25) is 0 Å². The summed E-state index contributed by atoms with van der Waals surface area (Å²) in [5.74, 6) is -0.361. The van der Waals surface area contributed by atoms with Crippen molar-refractivity contribution in [2.24, 2.45) is 10.7 Å². The van der Waals surface area contributed by atoms with Crippen LogP contribution in [-0.2, 0) is 6.18 Å². The number of phenolic OH excluding ortho intramolecular Hbond substituents is 1. The fourth-order valence-electron chi connectivity index (χ4n) is 3.37. The summed E-state index contributed by atoms with van der Waals surface area (Å²) in [5.41, 5.74) is 6.92. The Morgan fingerprint density at radius 3 is 2.54 bits per heavy atom. The van der Waals surface area contributed by atoms with Gasteiger partial charge in [-0.1, -0.05) is 13.8 Å². The Balaban J connectivity index is 0.00000190. The standard InChI is InChI=1S/C19H24F3N3O.C2H6/c1-13-12-24-8-4-9-25(3,10-7-14(2)23)18(13)16-6-5-15(11-17(16)26)19(20,21)22;1-2/h5-8,11-12,18H,4,9-10,23H2,1-3H3;1-2H3/p+1/b13-12+,14-7+,24-8?;. The second-order valence-electron chi connectivity index (χ2n) is 7.00. The van der Waals surface area contributed by atoms with Gasteiger partial charge in [0.15, 0.2) is 0 Å². The van der Waals surface area contributed by atoms with Crippen LogP contribution in [0.1, 0.15) is 51.3 Å². The maximum atomic E-state index is 12.9. The number of aliphatic imine (C=N–C) groups is 1. The summed E-state index contributed by atoms with van der Waals surface area (Å²) in [6, 6.07) is 2.84. The van der Waals surface area contributed by atoms with Crippen molar-refractivity contribution >= 4 is 6.21 Å². The molecular formula is C21H31F3N3O+. The number of allylic oxidation sites excluding steroid dienone is 1. The minimum absolute atomic E-state index is 0.328. The zero-order valence-corrected chi connectivity index (χ0v) is 17.2. The molecule has 1 heterocycles. The van der Waals surface area contributed by atoms with E-state index in [-0.39, 0.29) is 11.8 Å². The second kappa shape index (κ2) is 9.78. The van der Waals surface area contributed by atoms with Crippen LogP contribution in [0.2, 0.25) is 0 Å². The monoisotopic (exact) mass is 398 g/mol. The number of alkyl halides is 3. The third-order valence-corrected chi connectivity index (χ3v) is 4.69. The molecule has 3 N–H and O–H groups in total. The van der Waals surface area contributed by atoms with Crippen molar-refractivity contribution in [2.45, 2.75) is 46.3 Å². The van der Waals surface area contributed by atoms with Gasteiger partial charge in [0.05, 0.1) is 31.3 Å². The van der Waals surface area contributed by atoms with E-state index >= 15 is 0 Å². The molecule has 1 aliphatic heterocycles. The van der Waals surface area contributed by atoms with Crippen molar-refractivity contribution < 1.29 is 22.8 Å². The molecule has 2 unspecified atom stereocenters. The summed E-state index contributed by atoms with van der Waals surface area (Å²) >= 11 is 0. The molecule has 156 valence electrons. The fraction of sp³-hybridized carbons (Fsp3) is 0.476. The summed E-state index contributed by atoms with van der Waals surface area (Å²) < 4.78 is 39.3. The highest BCUT2D eigenvalue weighted by Crippen LogP contribution is 2.41. The van der Waals surface area contributed by atoms with Gasteiger partial charge in [-0.25, -0.2) is 0 Å². The van der Waals surface area contributed by atoms with Gasteiger partial charge in [-0.2, -0.15) is 13.2 Å². The molecule has 2 atom stereocenters. The predicted molar refractivity (Wildman–Crippen MR) is 108 cm³/mol. The molecule has 0 saturated heterocycles. The second-order valence-corrected chi connectivity index (χ2v) is 7.00. The number of halogens is 3. The molecule has 0 amide bonds. The van der Waals surface area contributed by atoms with Gasteiger partial charge in [0, 0.05) is 30.1 Å². The molecule has 0 spiro atoms. The van der Waals surface area contributed by atoms with E-state index in [2.05, 4.69) is 4.99 Å². The Morgan fingerprint density at radius 2 is 2.00 bits per heavy atom. The lowest BCUT2D eigenvalue weighted by molar-refractivity contribution is -0.928. The zero-order chi connectivity index (χ0) is 21.5. The van der Waals surface area contributed by atoms with Crippen LogP contribution in [0.4, 0.5) is 13.2 Å². The van der Waals surface area contributed by atoms with E-state index in [1.165, 1.54) is 6.07 Å². The van der Waals surface area contributed by atoms with Crippen molar-refractivity contribution in [3.63, 3.8) is 0 Å². The van der Waals surface area contributed by atoms with Crippen LogP contribution in [0.3, 0.4) is 0 Å². The first-order valence-electron chi connectivity index (χ1n) is 9.39. The van der Waals surface area contributed by atoms with E-state index in [1.54, 1.807) is 13.1 Å². The number of nitrogens with two attached hydrogens (primary N) is 1. The van der Waals surface area contributed by atoms with Gasteiger partial charge >= 0.3 is 6.18 Å². The van der Waals surface area contributed by atoms with Crippen molar-refractivity contribution in [3.05, 3.63) is 52.9 Å². The first-order valence-corrected chi connectivity index (χ1v) is 9.39. The van der Waals surface area contributed by atoms with E-state index in [0.29, 0.717) is 28.8 Å². The Labute approximate surface area is 165 Å². The summed E-state index contributed by atoms with van der Waals surface area (Å²) in [6.07, 6.45) is 1.65. The minimum atomic E-state index is -4.50. The van der Waals surface area contributed by atoms with Crippen LogP contribution in [0.15, 0.2) is 46.7 Å². The molecule has 0 bridgehead atoms. The molecule has 1 aliphatic rings. The molecule has 7 heteroatoms. The van der Waals surface area contributed by atoms with Gasteiger partial charge < -0.3 is 15.3 Å². The highest BCUT2D eigenvalue weighted by atomic mass is 19.4. The summed E-state index contributed by atoms with van der Waals surface area (Å²) in [6.45, 7) is 8.97. The smallest absolute Gasteiger partial charge is 0.416 e. The van der Waals surface area contributed by atoms with Crippen LogP contribution in [-0.4, -0.2) is 35.9 Å². The molecule has 1 aromatic carbocycles. The third kappa shape index (κ3) is 5.86. The number of hydrogen-bond donors (Lipinski definition) is 2. The van der Waals surface area contributed by atoms with Gasteiger partial charge in [-0.3, -0.25) is 4.99 Å². The highest BCUT2D eigenvalue weighted by Gasteiger charge is 2.38. The SMILES string of the molecule is C/C(N)=C\C[N+]1(C)CCC=N/C=C(\C)C1c1ccc(C(F)(F)F)cc1O.CC. The lowest BCUT2D eigenvalue weighted by atomic mass is 9.93. The molecular weight excluding hydrogens is 367 g/mol. The first kappa shape index (κ1) is 23.8. The van der Waals surface area contributed by atoms with Crippen molar-refractivity contribution in [1.29, 1.82) is 0 Å². The molecule has 0 aromatic heterocycles. The third-order valence-electron chi connectivity index (χ3n) is 4.69. The van der Waals surface area contributed by atoms with E-state index < -0.39 is 11.7 Å². The lowest BCUT2D eigenvalue weighted by Gasteiger charge is -2.42. The number of phenols is 1. The maximum Gasteiger partial charge on any atom is 0.416 e. The zero-order valence-electron chi connectivity index (χ0n) is 17.2. The Hall–Kier alpha value is -2.28. The first-order chi connectivity index (χ1) is 13.0. The van der Waals surface area contributed by atoms with Gasteiger partial charge in [0.25, 0.3) is 0 Å². The molecule has 0 radical (unpaired) electrons. The van der Waals surface area contributed by atoms with Crippen LogP contribution >= 0.6 is 0 Å². The number of nitrogens with zero attached hydrogens (tertiary/aromatic N) is 2. The van der Waals surface area contributed by atoms with Gasteiger partial charge in [-0.15, -0.1) is 0 Å². The number of aromatic hydroxyl groups is 1. The lowest BCUT2D eigenvalue weighted by Crippen LogP contribution is -2.49. The molecule has 1 aromatic rings. The highest BCUT2D eigenvalue weighted by molar-refractivity contribution is 5.58. The summed E-state index contributed by atoms with van der Waals surface area (Å²) in [5, 5.41) is 10.4. The summed E-state index contributed by atoms with van der Waals surface area (Å²) in [4.78, 5) is 4.24. The molecule has 4 nitrogen and oxygen atoms in total. The van der Waals surface area contributed by atoms with E-state index in [9.17, 15) is 18.3 Å². The number of quaternary nitrogens is 1. The van der Waals surface area contributed by atoms with Crippen LogP contribution in [0, 0.1) is 0 Å². The normalized spacial score (nSPS) is 25.1. The van der Waals surface area contributed by atoms with Crippen molar-refractivity contribution in [2.75, 3.05) is 20.1 Å². The topological polar surface area (TPSA) is 58.6 Å². The largest absolute Gasteiger partial charge is 0.507 e. The van der Waals surface area contributed by atoms with Crippen LogP contribution < -0.4 is 5.73 Å². The number of hydrogen-bond acceptors (Lipinski definition) is 3. The van der Waals surface area contributed by atoms with Gasteiger partial charge in [0.1, 0.15) is 11.8 Å². The van der Waals surface area contributed by atoms with E-state index in [1.807, 2.05) is 40.1 Å². The van der Waals surface area contributed by atoms with Crippen LogP contribution in [0.25, 0.3) is 0 Å². The Bertz CT molecular complexity index is 750. The van der Waals surface area contributed by atoms with E-state index in [4.69, 9.17) is 5.73 Å². The fourth-order valence-corrected chi connectivity index (χ4v) is 3.37. The molecule has 0 aliphatic carbocycles. The predicted octanol–water partition coefficient (Wildman–Crippen LogP) is 5.17. The maximum absolute atomic E-state index is 12.9. The number of benzene rings is 1.